The zero-order chi connectivity index (χ0) is 18.5. The van der Waals surface area contributed by atoms with Gasteiger partial charge in [-0.2, -0.15) is 0 Å². The van der Waals surface area contributed by atoms with Gasteiger partial charge in [0.05, 0.1) is 21.1 Å². The molecule has 0 saturated carbocycles. The van der Waals surface area contributed by atoms with Crippen LogP contribution in [0.25, 0.3) is 10.2 Å². The second-order valence-corrected chi connectivity index (χ2v) is 8.29. The van der Waals surface area contributed by atoms with Crippen molar-refractivity contribution >= 4 is 43.4 Å². The molecule has 0 unspecified atom stereocenters. The van der Waals surface area contributed by atoms with Gasteiger partial charge in [0, 0.05) is 13.1 Å². The number of allylic oxidation sites excluding steroid dienone is 2. The lowest BCUT2D eigenvalue weighted by molar-refractivity contribution is 0.0945. The van der Waals surface area contributed by atoms with Crippen molar-refractivity contribution in [2.75, 3.05) is 13.7 Å². The average molecular weight is 433 g/mol. The number of hydrogen-bond acceptors (Lipinski definition) is 3. The second-order valence-electron chi connectivity index (χ2n) is 5.83. The van der Waals surface area contributed by atoms with Gasteiger partial charge in [-0.05, 0) is 53.0 Å². The van der Waals surface area contributed by atoms with E-state index in [9.17, 15) is 4.79 Å². The number of thiophene rings is 1. The van der Waals surface area contributed by atoms with E-state index in [1.807, 2.05) is 43.3 Å². The summed E-state index contributed by atoms with van der Waals surface area (Å²) in [7, 11) is 1.66. The molecule has 1 aromatic carbocycles. The fourth-order valence-electron chi connectivity index (χ4n) is 2.92. The Bertz CT molecular complexity index is 943. The van der Waals surface area contributed by atoms with Gasteiger partial charge in [-0.1, -0.05) is 30.4 Å². The average Bonchev–Trinajstić information content (AvgIpc) is 3.16. The molecule has 4 nitrogen and oxygen atoms in total. The number of carbonyl (C=O) groups excluding carboxylic acids is 1. The Morgan fingerprint density at radius 2 is 2.15 bits per heavy atom. The van der Waals surface area contributed by atoms with E-state index in [1.165, 1.54) is 0 Å². The van der Waals surface area contributed by atoms with Crippen LogP contribution >= 0.6 is 27.3 Å². The number of amides is 1. The highest BCUT2D eigenvalue weighted by atomic mass is 79.9. The third-order valence-electron chi connectivity index (χ3n) is 4.19. The van der Waals surface area contributed by atoms with Crippen LogP contribution < -0.4 is 10.1 Å². The van der Waals surface area contributed by atoms with Gasteiger partial charge >= 0.3 is 0 Å². The molecular weight excluding hydrogens is 412 g/mol. The molecule has 26 heavy (non-hydrogen) atoms. The van der Waals surface area contributed by atoms with Crippen LogP contribution in [0.2, 0.25) is 0 Å². The van der Waals surface area contributed by atoms with E-state index in [2.05, 4.69) is 38.0 Å². The van der Waals surface area contributed by atoms with Crippen molar-refractivity contribution in [1.82, 2.24) is 9.88 Å². The number of hydrogen-bond donors (Lipinski definition) is 1. The molecule has 0 aliphatic rings. The van der Waals surface area contributed by atoms with Crippen LogP contribution in [0.3, 0.4) is 0 Å². The highest BCUT2D eigenvalue weighted by molar-refractivity contribution is 9.11. The highest BCUT2D eigenvalue weighted by Crippen LogP contribution is 2.32. The lowest BCUT2D eigenvalue weighted by Crippen LogP contribution is -2.28. The molecular formula is C20H21BrN2O2S. The monoisotopic (exact) mass is 432 g/mol. The van der Waals surface area contributed by atoms with Gasteiger partial charge in [0.15, 0.2) is 0 Å². The first-order chi connectivity index (χ1) is 12.6. The first-order valence-corrected chi connectivity index (χ1v) is 10.0. The molecule has 3 aromatic rings. The fraction of sp³-hybridized carbons (Fsp3) is 0.250. The van der Waals surface area contributed by atoms with Gasteiger partial charge in [-0.15, -0.1) is 11.3 Å². The number of aromatic nitrogens is 1. The Balaban J connectivity index is 1.74. The summed E-state index contributed by atoms with van der Waals surface area (Å²) < 4.78 is 9.59. The number of benzene rings is 1. The summed E-state index contributed by atoms with van der Waals surface area (Å²) in [6.07, 6.45) is 4.78. The van der Waals surface area contributed by atoms with Gasteiger partial charge in [0.1, 0.15) is 11.4 Å². The van der Waals surface area contributed by atoms with Crippen LogP contribution in [0.1, 0.15) is 23.0 Å². The van der Waals surface area contributed by atoms with Crippen LogP contribution in [-0.4, -0.2) is 24.1 Å². The molecule has 0 spiro atoms. The van der Waals surface area contributed by atoms with Crippen molar-refractivity contribution in [3.63, 3.8) is 0 Å². The molecule has 1 N–H and O–H groups in total. The first-order valence-electron chi connectivity index (χ1n) is 8.44. The zero-order valence-electron chi connectivity index (χ0n) is 14.8. The molecule has 2 aromatic heterocycles. The Hall–Kier alpha value is -2.05. The minimum absolute atomic E-state index is 0.0519. The van der Waals surface area contributed by atoms with Gasteiger partial charge < -0.3 is 14.6 Å². The zero-order valence-corrected chi connectivity index (χ0v) is 17.2. The normalized spacial score (nSPS) is 11.3. The molecule has 0 aliphatic heterocycles. The number of carbonyl (C=O) groups is 1. The number of nitrogens with zero attached hydrogens (tertiary/aromatic N) is 1. The van der Waals surface area contributed by atoms with Crippen molar-refractivity contribution in [1.29, 1.82) is 0 Å². The summed E-state index contributed by atoms with van der Waals surface area (Å²) in [5, 5.41) is 3.03. The Labute approximate surface area is 165 Å². The number of para-hydroxylation sites is 1. The lowest BCUT2D eigenvalue weighted by atomic mass is 10.1. The molecule has 0 saturated heterocycles. The maximum absolute atomic E-state index is 12.7. The molecule has 6 heteroatoms. The van der Waals surface area contributed by atoms with E-state index < -0.39 is 0 Å². The highest BCUT2D eigenvalue weighted by Gasteiger charge is 2.16. The number of rotatable bonds is 7. The first kappa shape index (κ1) is 18.7. The van der Waals surface area contributed by atoms with Crippen LogP contribution in [0.15, 0.2) is 52.3 Å². The predicted molar refractivity (Wildman–Crippen MR) is 111 cm³/mol. The summed E-state index contributed by atoms with van der Waals surface area (Å²) in [5.41, 5.74) is 2.86. The number of methoxy groups -OCH3 is 1. The SMILES string of the molecule is CC=CCn1c(C(=O)NCCc2ccccc2OC)cc2sc(Br)cc21. The number of ether oxygens (including phenoxy) is 1. The molecule has 0 fully saturated rings. The van der Waals surface area contributed by atoms with Crippen LogP contribution in [0.4, 0.5) is 0 Å². The third kappa shape index (κ3) is 4.02. The van der Waals surface area contributed by atoms with Gasteiger partial charge in [0.25, 0.3) is 5.91 Å². The Morgan fingerprint density at radius 1 is 1.35 bits per heavy atom. The van der Waals surface area contributed by atoms with Crippen LogP contribution in [0.5, 0.6) is 5.75 Å². The van der Waals surface area contributed by atoms with Crippen LogP contribution in [-0.2, 0) is 13.0 Å². The van der Waals surface area contributed by atoms with Crippen molar-refractivity contribution in [3.05, 3.63) is 63.6 Å². The Kier molecular flexibility index (Phi) is 6.16. The van der Waals surface area contributed by atoms with E-state index in [0.717, 1.165) is 31.7 Å². The Morgan fingerprint density at radius 3 is 2.92 bits per heavy atom. The number of fused-ring (bicyclic) bond motifs is 1. The largest absolute Gasteiger partial charge is 0.496 e. The molecule has 0 atom stereocenters. The summed E-state index contributed by atoms with van der Waals surface area (Å²) >= 11 is 5.16. The quantitative estimate of drug-likeness (QED) is 0.532. The smallest absolute Gasteiger partial charge is 0.267 e. The predicted octanol–water partition coefficient (Wildman–Crippen LogP) is 5.02. The standard InChI is InChI=1S/C20H21BrN2O2S/c1-3-4-11-23-15-13-19(21)26-18(15)12-16(23)20(24)22-10-9-14-7-5-6-8-17(14)25-2/h3-8,12-13H,9-11H2,1-2H3,(H,22,24). The molecule has 0 radical (unpaired) electrons. The van der Waals surface area contributed by atoms with Crippen molar-refractivity contribution in [3.8, 4) is 5.75 Å². The van der Waals surface area contributed by atoms with Gasteiger partial charge in [-0.3, -0.25) is 4.79 Å². The molecule has 0 aliphatic carbocycles. The summed E-state index contributed by atoms with van der Waals surface area (Å²) in [5.74, 6) is 0.799. The maximum atomic E-state index is 12.7. The molecule has 0 bridgehead atoms. The summed E-state index contributed by atoms with van der Waals surface area (Å²) in [4.78, 5) is 12.7. The van der Waals surface area contributed by atoms with Crippen LogP contribution in [0, 0.1) is 0 Å². The van der Waals surface area contributed by atoms with Crippen molar-refractivity contribution in [2.45, 2.75) is 19.9 Å². The minimum Gasteiger partial charge on any atom is -0.496 e. The van der Waals surface area contributed by atoms with E-state index in [-0.39, 0.29) is 5.91 Å². The van der Waals surface area contributed by atoms with E-state index >= 15 is 0 Å². The third-order valence-corrected chi connectivity index (χ3v) is 5.76. The minimum atomic E-state index is -0.0519. The molecule has 2 heterocycles. The molecule has 3 rings (SSSR count). The maximum Gasteiger partial charge on any atom is 0.267 e. The lowest BCUT2D eigenvalue weighted by Gasteiger charge is -2.11. The summed E-state index contributed by atoms with van der Waals surface area (Å²) in [6, 6.07) is 11.9. The fourth-order valence-corrected chi connectivity index (χ4v) is 4.48. The molecule has 136 valence electrons. The second kappa shape index (κ2) is 8.56. The van der Waals surface area contributed by atoms with E-state index in [1.54, 1.807) is 18.4 Å². The van der Waals surface area contributed by atoms with Crippen molar-refractivity contribution < 1.29 is 9.53 Å². The topological polar surface area (TPSA) is 43.3 Å². The van der Waals surface area contributed by atoms with E-state index in [0.29, 0.717) is 18.8 Å². The van der Waals surface area contributed by atoms with Gasteiger partial charge in [-0.25, -0.2) is 0 Å². The number of halogens is 1. The van der Waals surface area contributed by atoms with Crippen molar-refractivity contribution in [2.24, 2.45) is 0 Å². The molecule has 1 amide bonds. The summed E-state index contributed by atoms with van der Waals surface area (Å²) in [6.45, 7) is 3.22. The van der Waals surface area contributed by atoms with Gasteiger partial charge in [0.2, 0.25) is 0 Å². The number of nitrogens with one attached hydrogen (secondary N) is 1. The van der Waals surface area contributed by atoms with E-state index in [4.69, 9.17) is 4.74 Å².